The summed E-state index contributed by atoms with van der Waals surface area (Å²) in [5.74, 6) is -1.47. The van der Waals surface area contributed by atoms with E-state index in [0.717, 1.165) is 0 Å². The lowest BCUT2D eigenvalue weighted by Crippen LogP contribution is -2.40. The maximum Gasteiger partial charge on any atom is 0.326 e. The predicted molar refractivity (Wildman–Crippen MR) is 66.3 cm³/mol. The Bertz CT molecular complexity index is 477. The molecule has 1 unspecified atom stereocenters. The van der Waals surface area contributed by atoms with Gasteiger partial charge in [-0.2, -0.15) is 5.10 Å². The SMILES string of the molecule is C/C=C/CC(NC(=O)c1cn(C)nc1C)C(=O)O. The fourth-order valence-electron chi connectivity index (χ4n) is 1.55. The van der Waals surface area contributed by atoms with Crippen molar-refractivity contribution in [3.63, 3.8) is 0 Å². The Hall–Kier alpha value is -2.11. The van der Waals surface area contributed by atoms with Gasteiger partial charge in [0.1, 0.15) is 6.04 Å². The van der Waals surface area contributed by atoms with Crippen LogP contribution in [0.3, 0.4) is 0 Å². The van der Waals surface area contributed by atoms with E-state index in [4.69, 9.17) is 5.11 Å². The highest BCUT2D eigenvalue weighted by Crippen LogP contribution is 2.05. The molecule has 1 rings (SSSR count). The molecule has 1 atom stereocenters. The molecule has 0 saturated carbocycles. The zero-order valence-electron chi connectivity index (χ0n) is 10.7. The number of carboxylic acid groups (broad SMARTS) is 1. The average Bonchev–Trinajstić information content (AvgIpc) is 2.63. The maximum atomic E-state index is 11.9. The second-order valence-electron chi connectivity index (χ2n) is 3.97. The molecule has 1 aromatic heterocycles. The summed E-state index contributed by atoms with van der Waals surface area (Å²) >= 11 is 0. The van der Waals surface area contributed by atoms with Crippen molar-refractivity contribution in [2.45, 2.75) is 26.3 Å². The molecule has 0 radical (unpaired) electrons. The molecule has 1 amide bonds. The van der Waals surface area contributed by atoms with E-state index in [-0.39, 0.29) is 6.42 Å². The lowest BCUT2D eigenvalue weighted by Gasteiger charge is -2.11. The third kappa shape index (κ3) is 3.44. The number of hydrogen-bond donors (Lipinski definition) is 2. The zero-order chi connectivity index (χ0) is 13.7. The number of allylic oxidation sites excluding steroid dienone is 1. The number of amides is 1. The van der Waals surface area contributed by atoms with E-state index in [1.807, 2.05) is 0 Å². The van der Waals surface area contributed by atoms with Gasteiger partial charge in [0.25, 0.3) is 5.91 Å². The van der Waals surface area contributed by atoms with Crippen LogP contribution in [0.1, 0.15) is 29.4 Å². The number of aliphatic carboxylic acids is 1. The summed E-state index contributed by atoms with van der Waals surface area (Å²) in [6, 6.07) is -0.923. The lowest BCUT2D eigenvalue weighted by molar-refractivity contribution is -0.139. The number of rotatable bonds is 5. The second kappa shape index (κ2) is 6.00. The quantitative estimate of drug-likeness (QED) is 0.761. The first kappa shape index (κ1) is 14.0. The number of nitrogens with zero attached hydrogens (tertiary/aromatic N) is 2. The molecule has 0 aliphatic carbocycles. The fourth-order valence-corrected chi connectivity index (χ4v) is 1.55. The van der Waals surface area contributed by atoms with Crippen LogP contribution in [0.15, 0.2) is 18.3 Å². The van der Waals surface area contributed by atoms with Gasteiger partial charge in [0.15, 0.2) is 0 Å². The van der Waals surface area contributed by atoms with Crippen LogP contribution in [0.4, 0.5) is 0 Å². The summed E-state index contributed by atoms with van der Waals surface area (Å²) in [5, 5.41) is 15.5. The van der Waals surface area contributed by atoms with Crippen LogP contribution in [0, 0.1) is 6.92 Å². The summed E-state index contributed by atoms with van der Waals surface area (Å²) in [4.78, 5) is 22.9. The Balaban J connectivity index is 2.78. The predicted octanol–water partition coefficient (Wildman–Crippen LogP) is 0.878. The van der Waals surface area contributed by atoms with Crippen LogP contribution < -0.4 is 5.32 Å². The largest absolute Gasteiger partial charge is 0.480 e. The molecule has 6 heteroatoms. The molecule has 1 heterocycles. The molecule has 0 fully saturated rings. The van der Waals surface area contributed by atoms with Gasteiger partial charge < -0.3 is 10.4 Å². The van der Waals surface area contributed by atoms with E-state index >= 15 is 0 Å². The Morgan fingerprint density at radius 3 is 2.72 bits per heavy atom. The van der Waals surface area contributed by atoms with Gasteiger partial charge in [-0.25, -0.2) is 4.79 Å². The van der Waals surface area contributed by atoms with Crippen LogP contribution in [-0.4, -0.2) is 32.8 Å². The molecule has 0 aliphatic rings. The van der Waals surface area contributed by atoms with Crippen molar-refractivity contribution in [1.82, 2.24) is 15.1 Å². The fraction of sp³-hybridized carbons (Fsp3) is 0.417. The van der Waals surface area contributed by atoms with E-state index in [1.165, 1.54) is 4.68 Å². The third-order valence-electron chi connectivity index (χ3n) is 2.47. The van der Waals surface area contributed by atoms with Crippen LogP contribution >= 0.6 is 0 Å². The summed E-state index contributed by atoms with van der Waals surface area (Å²) < 4.78 is 1.52. The number of aromatic nitrogens is 2. The molecule has 98 valence electrons. The van der Waals surface area contributed by atoms with Crippen molar-refractivity contribution in [2.75, 3.05) is 0 Å². The van der Waals surface area contributed by atoms with Gasteiger partial charge in [-0.1, -0.05) is 12.2 Å². The van der Waals surface area contributed by atoms with Gasteiger partial charge >= 0.3 is 5.97 Å². The number of carbonyl (C=O) groups is 2. The number of hydrogen-bond acceptors (Lipinski definition) is 3. The highest BCUT2D eigenvalue weighted by Gasteiger charge is 2.21. The maximum absolute atomic E-state index is 11.9. The van der Waals surface area contributed by atoms with Crippen LogP contribution in [0.25, 0.3) is 0 Å². The van der Waals surface area contributed by atoms with Gasteiger partial charge in [0.2, 0.25) is 0 Å². The van der Waals surface area contributed by atoms with E-state index < -0.39 is 17.9 Å². The smallest absolute Gasteiger partial charge is 0.326 e. The van der Waals surface area contributed by atoms with E-state index in [9.17, 15) is 9.59 Å². The van der Waals surface area contributed by atoms with Gasteiger partial charge in [-0.3, -0.25) is 9.48 Å². The topological polar surface area (TPSA) is 84.2 Å². The minimum absolute atomic E-state index is 0.261. The molecular formula is C12H17N3O3. The minimum Gasteiger partial charge on any atom is -0.480 e. The van der Waals surface area contributed by atoms with Crippen molar-refractivity contribution >= 4 is 11.9 Å². The highest BCUT2D eigenvalue weighted by molar-refractivity contribution is 5.97. The number of carbonyl (C=O) groups excluding carboxylic acids is 1. The lowest BCUT2D eigenvalue weighted by atomic mass is 10.1. The molecular weight excluding hydrogens is 234 g/mol. The van der Waals surface area contributed by atoms with Crippen molar-refractivity contribution in [1.29, 1.82) is 0 Å². The molecule has 0 aromatic carbocycles. The normalized spacial score (nSPS) is 12.6. The van der Waals surface area contributed by atoms with Crippen molar-refractivity contribution in [3.05, 3.63) is 29.6 Å². The van der Waals surface area contributed by atoms with Gasteiger partial charge in [-0.15, -0.1) is 0 Å². The minimum atomic E-state index is -1.05. The van der Waals surface area contributed by atoms with Crippen molar-refractivity contribution in [3.8, 4) is 0 Å². The van der Waals surface area contributed by atoms with E-state index in [1.54, 1.807) is 39.2 Å². The highest BCUT2D eigenvalue weighted by atomic mass is 16.4. The van der Waals surface area contributed by atoms with E-state index in [2.05, 4.69) is 10.4 Å². The summed E-state index contributed by atoms with van der Waals surface area (Å²) in [5.41, 5.74) is 0.967. The monoisotopic (exact) mass is 251 g/mol. The molecule has 0 bridgehead atoms. The Kier molecular flexibility index (Phi) is 4.65. The van der Waals surface area contributed by atoms with Crippen molar-refractivity contribution in [2.24, 2.45) is 7.05 Å². The van der Waals surface area contributed by atoms with Crippen LogP contribution in [0.2, 0.25) is 0 Å². The zero-order valence-corrected chi connectivity index (χ0v) is 10.7. The summed E-state index contributed by atoms with van der Waals surface area (Å²) in [7, 11) is 1.71. The molecule has 1 aromatic rings. The average molecular weight is 251 g/mol. The summed E-state index contributed by atoms with van der Waals surface area (Å²) in [6.07, 6.45) is 5.28. The third-order valence-corrected chi connectivity index (χ3v) is 2.47. The van der Waals surface area contributed by atoms with Crippen LogP contribution in [0.5, 0.6) is 0 Å². The number of carboxylic acids is 1. The first-order valence-electron chi connectivity index (χ1n) is 5.60. The number of aryl methyl sites for hydroxylation is 2. The Morgan fingerprint density at radius 1 is 1.61 bits per heavy atom. The van der Waals surface area contributed by atoms with Crippen molar-refractivity contribution < 1.29 is 14.7 Å². The first-order valence-corrected chi connectivity index (χ1v) is 5.60. The molecule has 18 heavy (non-hydrogen) atoms. The number of nitrogens with one attached hydrogen (secondary N) is 1. The standard InChI is InChI=1S/C12H17N3O3/c1-4-5-6-10(12(17)18)13-11(16)9-7-15(3)14-8(9)2/h4-5,7,10H,6H2,1-3H3,(H,13,16)(H,17,18)/b5-4+. The molecule has 0 saturated heterocycles. The van der Waals surface area contributed by atoms with Gasteiger partial charge in [0, 0.05) is 13.2 Å². The Labute approximate surface area is 105 Å². The van der Waals surface area contributed by atoms with Crippen LogP contribution in [-0.2, 0) is 11.8 Å². The van der Waals surface area contributed by atoms with E-state index in [0.29, 0.717) is 11.3 Å². The summed E-state index contributed by atoms with van der Waals surface area (Å²) in [6.45, 7) is 3.50. The molecule has 0 spiro atoms. The Morgan fingerprint density at radius 2 is 2.28 bits per heavy atom. The molecule has 6 nitrogen and oxygen atoms in total. The van der Waals surface area contributed by atoms with Gasteiger partial charge in [0.05, 0.1) is 11.3 Å². The second-order valence-corrected chi connectivity index (χ2v) is 3.97. The first-order chi connectivity index (χ1) is 8.45. The van der Waals surface area contributed by atoms with Gasteiger partial charge in [-0.05, 0) is 20.3 Å². The molecule has 2 N–H and O–H groups in total. The molecule has 0 aliphatic heterocycles.